The second kappa shape index (κ2) is 8.54. The number of rotatable bonds is 7. The van der Waals surface area contributed by atoms with E-state index in [0.29, 0.717) is 19.4 Å². The fraction of sp³-hybridized carbons (Fsp3) is 0.364. The van der Waals surface area contributed by atoms with Crippen LogP contribution in [0, 0.1) is 0 Å². The molecule has 1 amide bonds. The van der Waals surface area contributed by atoms with Crippen LogP contribution in [0.4, 0.5) is 0 Å². The average molecular weight is 379 g/mol. The zero-order chi connectivity index (χ0) is 19.3. The molecule has 4 rings (SSSR count). The molecular formula is C22H25N3O3. The van der Waals surface area contributed by atoms with E-state index in [9.17, 15) is 9.90 Å². The van der Waals surface area contributed by atoms with Crippen molar-refractivity contribution >= 4 is 16.9 Å². The van der Waals surface area contributed by atoms with Crippen LogP contribution in [0.3, 0.4) is 0 Å². The number of carbonyl (C=O) groups is 1. The number of aryl methyl sites for hydroxylation is 1. The Morgan fingerprint density at radius 1 is 1.18 bits per heavy atom. The summed E-state index contributed by atoms with van der Waals surface area (Å²) in [7, 11) is 0. The third kappa shape index (κ3) is 4.40. The van der Waals surface area contributed by atoms with Crippen LogP contribution in [0.2, 0.25) is 0 Å². The minimum Gasteiger partial charge on any atom is -0.390 e. The predicted molar refractivity (Wildman–Crippen MR) is 107 cm³/mol. The van der Waals surface area contributed by atoms with E-state index in [1.807, 2.05) is 24.3 Å². The summed E-state index contributed by atoms with van der Waals surface area (Å²) in [5.74, 6) is -0.0879. The predicted octanol–water partition coefficient (Wildman–Crippen LogP) is 2.30. The van der Waals surface area contributed by atoms with Crippen molar-refractivity contribution in [2.24, 2.45) is 0 Å². The van der Waals surface area contributed by atoms with Crippen molar-refractivity contribution in [2.75, 3.05) is 19.6 Å². The lowest BCUT2D eigenvalue weighted by Crippen LogP contribution is -2.42. The number of para-hydroxylation sites is 1. The molecule has 6 nitrogen and oxygen atoms in total. The number of aliphatic hydroxyl groups is 1. The maximum Gasteiger partial charge on any atom is 0.220 e. The van der Waals surface area contributed by atoms with Crippen molar-refractivity contribution in [3.63, 3.8) is 0 Å². The van der Waals surface area contributed by atoms with Crippen LogP contribution < -0.4 is 5.32 Å². The molecule has 0 aliphatic carbocycles. The summed E-state index contributed by atoms with van der Waals surface area (Å²) < 4.78 is 5.26. The van der Waals surface area contributed by atoms with Gasteiger partial charge in [-0.3, -0.25) is 9.69 Å². The minimum atomic E-state index is -0.581. The Balaban J connectivity index is 1.20. The summed E-state index contributed by atoms with van der Waals surface area (Å²) in [6.45, 7) is 2.60. The molecule has 1 aromatic heterocycles. The van der Waals surface area contributed by atoms with Gasteiger partial charge in [0.05, 0.1) is 11.8 Å². The number of benzene rings is 2. The van der Waals surface area contributed by atoms with Crippen LogP contribution >= 0.6 is 0 Å². The monoisotopic (exact) mass is 379 g/mol. The molecule has 0 saturated carbocycles. The van der Waals surface area contributed by atoms with Crippen LogP contribution in [0.5, 0.6) is 0 Å². The van der Waals surface area contributed by atoms with Gasteiger partial charge in [0.2, 0.25) is 5.91 Å². The maximum atomic E-state index is 12.1. The molecule has 2 aromatic carbocycles. The lowest BCUT2D eigenvalue weighted by Gasteiger charge is -2.30. The molecule has 6 heteroatoms. The van der Waals surface area contributed by atoms with Crippen molar-refractivity contribution in [1.29, 1.82) is 0 Å². The number of hydrogen-bond donors (Lipinski definition) is 2. The Kier molecular flexibility index (Phi) is 5.69. The second-order valence-electron chi connectivity index (χ2n) is 7.34. The molecule has 2 heterocycles. The van der Waals surface area contributed by atoms with E-state index >= 15 is 0 Å². The summed E-state index contributed by atoms with van der Waals surface area (Å²) in [5, 5.41) is 18.1. The highest BCUT2D eigenvalue weighted by Gasteiger charge is 2.19. The molecule has 1 atom stereocenters. The number of β-amino-alcohol motifs (C(OH)–C–C–N with tert-alkyl or cyclic N) is 1. The Morgan fingerprint density at radius 3 is 2.86 bits per heavy atom. The van der Waals surface area contributed by atoms with Crippen molar-refractivity contribution in [1.82, 2.24) is 15.4 Å². The van der Waals surface area contributed by atoms with Crippen molar-refractivity contribution in [3.05, 3.63) is 65.4 Å². The van der Waals surface area contributed by atoms with Crippen LogP contribution in [0.1, 0.15) is 23.2 Å². The van der Waals surface area contributed by atoms with E-state index in [2.05, 4.69) is 39.6 Å². The van der Waals surface area contributed by atoms with Gasteiger partial charge < -0.3 is 14.9 Å². The third-order valence-corrected chi connectivity index (χ3v) is 5.25. The van der Waals surface area contributed by atoms with Gasteiger partial charge in [-0.05, 0) is 29.7 Å². The largest absolute Gasteiger partial charge is 0.390 e. The van der Waals surface area contributed by atoms with Gasteiger partial charge in [-0.25, -0.2) is 0 Å². The normalized spacial score (nSPS) is 15.3. The van der Waals surface area contributed by atoms with Crippen molar-refractivity contribution in [2.45, 2.75) is 31.9 Å². The summed E-state index contributed by atoms with van der Waals surface area (Å²) >= 11 is 0. The molecule has 0 fully saturated rings. The van der Waals surface area contributed by atoms with Crippen molar-refractivity contribution < 1.29 is 14.4 Å². The van der Waals surface area contributed by atoms with E-state index in [4.69, 9.17) is 4.52 Å². The van der Waals surface area contributed by atoms with Gasteiger partial charge in [0, 0.05) is 44.4 Å². The number of aromatic nitrogens is 1. The number of fused-ring (bicyclic) bond motifs is 2. The lowest BCUT2D eigenvalue weighted by atomic mass is 10.00. The highest BCUT2D eigenvalue weighted by atomic mass is 16.5. The van der Waals surface area contributed by atoms with E-state index in [1.165, 1.54) is 11.1 Å². The zero-order valence-electron chi connectivity index (χ0n) is 15.8. The molecule has 0 bridgehead atoms. The van der Waals surface area contributed by atoms with Crippen LogP contribution in [0.25, 0.3) is 11.0 Å². The number of nitrogens with one attached hydrogen (secondary N) is 1. The van der Waals surface area contributed by atoms with E-state index in [1.54, 1.807) is 0 Å². The molecule has 146 valence electrons. The average Bonchev–Trinajstić information content (AvgIpc) is 3.14. The first kappa shape index (κ1) is 18.7. The minimum absolute atomic E-state index is 0.0879. The van der Waals surface area contributed by atoms with Gasteiger partial charge in [-0.1, -0.05) is 41.6 Å². The molecule has 1 aliphatic heterocycles. The summed E-state index contributed by atoms with van der Waals surface area (Å²) in [5.41, 5.74) is 4.24. The van der Waals surface area contributed by atoms with Gasteiger partial charge in [0.25, 0.3) is 0 Å². The Hall–Kier alpha value is -2.70. The SMILES string of the molecule is O=C(CCc1noc2ccccc12)NCC(O)CN1CCc2ccccc2C1. The summed E-state index contributed by atoms with van der Waals surface area (Å²) in [6.07, 6.45) is 1.26. The molecule has 0 spiro atoms. The molecule has 1 unspecified atom stereocenters. The summed E-state index contributed by atoms with van der Waals surface area (Å²) in [4.78, 5) is 14.4. The first-order valence-corrected chi connectivity index (χ1v) is 9.76. The van der Waals surface area contributed by atoms with E-state index in [-0.39, 0.29) is 12.5 Å². The van der Waals surface area contributed by atoms with E-state index in [0.717, 1.165) is 36.2 Å². The second-order valence-corrected chi connectivity index (χ2v) is 7.34. The summed E-state index contributed by atoms with van der Waals surface area (Å²) in [6, 6.07) is 16.1. The van der Waals surface area contributed by atoms with Gasteiger partial charge in [0.15, 0.2) is 5.58 Å². The molecule has 0 saturated heterocycles. The first-order valence-electron chi connectivity index (χ1n) is 9.76. The molecule has 3 aromatic rings. The van der Waals surface area contributed by atoms with Crippen molar-refractivity contribution in [3.8, 4) is 0 Å². The Labute approximate surface area is 164 Å². The molecule has 28 heavy (non-hydrogen) atoms. The van der Waals surface area contributed by atoms with Gasteiger partial charge in [-0.15, -0.1) is 0 Å². The Morgan fingerprint density at radius 2 is 1.96 bits per heavy atom. The number of aliphatic hydroxyl groups excluding tert-OH is 1. The third-order valence-electron chi connectivity index (χ3n) is 5.25. The van der Waals surface area contributed by atoms with Crippen LogP contribution in [-0.4, -0.2) is 46.8 Å². The molecule has 0 radical (unpaired) electrons. The molecular weight excluding hydrogens is 354 g/mol. The standard InChI is InChI=1S/C22H25N3O3/c26-18(15-25-12-11-16-5-1-2-6-17(16)14-25)13-23-22(27)10-9-20-19-7-3-4-8-21(19)28-24-20/h1-8,18,26H,9-15H2,(H,23,27). The van der Waals surface area contributed by atoms with E-state index < -0.39 is 6.10 Å². The smallest absolute Gasteiger partial charge is 0.220 e. The Bertz CT molecular complexity index is 953. The zero-order valence-corrected chi connectivity index (χ0v) is 15.8. The highest BCUT2D eigenvalue weighted by molar-refractivity contribution is 5.81. The molecule has 1 aliphatic rings. The first-order chi connectivity index (χ1) is 13.7. The number of amides is 1. The van der Waals surface area contributed by atoms with Gasteiger partial charge >= 0.3 is 0 Å². The van der Waals surface area contributed by atoms with Gasteiger partial charge in [0.1, 0.15) is 0 Å². The maximum absolute atomic E-state index is 12.1. The topological polar surface area (TPSA) is 78.6 Å². The number of carbonyl (C=O) groups excluding carboxylic acids is 1. The van der Waals surface area contributed by atoms with Gasteiger partial charge in [-0.2, -0.15) is 0 Å². The fourth-order valence-corrected chi connectivity index (χ4v) is 3.74. The number of hydrogen-bond acceptors (Lipinski definition) is 5. The fourth-order valence-electron chi connectivity index (χ4n) is 3.74. The van der Waals surface area contributed by atoms with Crippen LogP contribution in [-0.2, 0) is 24.2 Å². The quantitative estimate of drug-likeness (QED) is 0.659. The highest BCUT2D eigenvalue weighted by Crippen LogP contribution is 2.19. The van der Waals surface area contributed by atoms with Crippen LogP contribution in [0.15, 0.2) is 53.1 Å². The lowest BCUT2D eigenvalue weighted by molar-refractivity contribution is -0.121. The molecule has 2 N–H and O–H groups in total. The number of nitrogens with zero attached hydrogens (tertiary/aromatic N) is 2.